The summed E-state index contributed by atoms with van der Waals surface area (Å²) in [7, 11) is -4.36. The van der Waals surface area contributed by atoms with Crippen molar-refractivity contribution < 1.29 is 27.1 Å². The summed E-state index contributed by atoms with van der Waals surface area (Å²) in [5.74, 6) is -1.14. The van der Waals surface area contributed by atoms with Gasteiger partial charge in [-0.3, -0.25) is 13.9 Å². The van der Waals surface area contributed by atoms with Crippen LogP contribution < -0.4 is 14.4 Å². The predicted octanol–water partition coefficient (Wildman–Crippen LogP) is 6.45. The second-order valence-electron chi connectivity index (χ2n) is 10.8. The van der Waals surface area contributed by atoms with E-state index in [2.05, 4.69) is 5.32 Å². The van der Waals surface area contributed by atoms with Crippen LogP contribution in [0, 0.1) is 5.82 Å². The summed E-state index contributed by atoms with van der Waals surface area (Å²) in [5, 5.41) is 3.60. The summed E-state index contributed by atoms with van der Waals surface area (Å²) in [6, 6.07) is 14.4. The monoisotopic (exact) mass is 651 g/mol. The van der Waals surface area contributed by atoms with Crippen molar-refractivity contribution in [3.8, 4) is 5.75 Å². The number of amides is 2. The average molecular weight is 653 g/mol. The maximum atomic E-state index is 14.2. The van der Waals surface area contributed by atoms with Gasteiger partial charge in [0.25, 0.3) is 10.0 Å². The molecule has 3 aromatic rings. The lowest BCUT2D eigenvalue weighted by molar-refractivity contribution is -0.141. The first kappa shape index (κ1) is 34.2. The molecule has 12 heteroatoms. The van der Waals surface area contributed by atoms with Crippen LogP contribution in [0.25, 0.3) is 0 Å². The summed E-state index contributed by atoms with van der Waals surface area (Å²) in [5.41, 5.74) is 0.116. The van der Waals surface area contributed by atoms with Crippen molar-refractivity contribution in [2.75, 3.05) is 17.5 Å². The number of carbonyl (C=O) groups excluding carboxylic acids is 2. The van der Waals surface area contributed by atoms with E-state index in [0.717, 1.165) is 28.6 Å². The van der Waals surface area contributed by atoms with Crippen LogP contribution in [0.2, 0.25) is 10.0 Å². The number of carbonyl (C=O) groups is 2. The van der Waals surface area contributed by atoms with Crippen LogP contribution in [0.4, 0.5) is 10.1 Å². The third-order valence-corrected chi connectivity index (χ3v) is 8.73. The molecule has 0 spiro atoms. The Morgan fingerprint density at radius 3 is 2.14 bits per heavy atom. The summed E-state index contributed by atoms with van der Waals surface area (Å²) >= 11 is 12.5. The van der Waals surface area contributed by atoms with Crippen LogP contribution in [-0.2, 0) is 26.2 Å². The van der Waals surface area contributed by atoms with Crippen LogP contribution in [-0.4, -0.2) is 49.9 Å². The molecule has 3 rings (SSSR count). The van der Waals surface area contributed by atoms with Gasteiger partial charge < -0.3 is 15.0 Å². The second kappa shape index (κ2) is 14.4. The highest BCUT2D eigenvalue weighted by Crippen LogP contribution is 2.28. The van der Waals surface area contributed by atoms with E-state index < -0.39 is 45.8 Å². The molecule has 0 saturated heterocycles. The fourth-order valence-corrected chi connectivity index (χ4v) is 6.23. The summed E-state index contributed by atoms with van der Waals surface area (Å²) in [6.07, 6.45) is 0.243. The Labute approximate surface area is 262 Å². The van der Waals surface area contributed by atoms with Crippen molar-refractivity contribution in [1.82, 2.24) is 10.2 Å². The topological polar surface area (TPSA) is 96.0 Å². The van der Waals surface area contributed by atoms with E-state index in [1.54, 1.807) is 31.2 Å². The molecule has 0 aliphatic rings. The predicted molar refractivity (Wildman–Crippen MR) is 168 cm³/mol. The molecule has 2 amide bonds. The largest absolute Gasteiger partial charge is 0.494 e. The van der Waals surface area contributed by atoms with E-state index in [9.17, 15) is 22.4 Å². The maximum absolute atomic E-state index is 14.2. The number of hydrogen-bond donors (Lipinski definition) is 1. The number of hydrogen-bond acceptors (Lipinski definition) is 5. The lowest BCUT2D eigenvalue weighted by Gasteiger charge is -2.35. The van der Waals surface area contributed by atoms with E-state index in [1.165, 1.54) is 23.1 Å². The normalized spacial score (nSPS) is 12.4. The zero-order chi connectivity index (χ0) is 31.9. The van der Waals surface area contributed by atoms with Gasteiger partial charge in [-0.25, -0.2) is 12.8 Å². The Morgan fingerprint density at radius 1 is 0.977 bits per heavy atom. The van der Waals surface area contributed by atoms with Gasteiger partial charge in [0, 0.05) is 22.1 Å². The van der Waals surface area contributed by atoms with E-state index in [0.29, 0.717) is 28.0 Å². The number of nitrogens with zero attached hydrogens (tertiary/aromatic N) is 2. The Hall–Kier alpha value is -3.34. The fourth-order valence-electron chi connectivity index (χ4n) is 4.34. The number of rotatable bonds is 12. The van der Waals surface area contributed by atoms with Gasteiger partial charge in [0.1, 0.15) is 24.2 Å². The minimum atomic E-state index is -4.36. The van der Waals surface area contributed by atoms with Crippen molar-refractivity contribution >= 4 is 50.7 Å². The lowest BCUT2D eigenvalue weighted by Crippen LogP contribution is -2.55. The molecule has 1 N–H and O–H groups in total. The molecule has 0 saturated carbocycles. The number of sulfonamides is 1. The minimum absolute atomic E-state index is 0.0847. The fraction of sp³-hybridized carbons (Fsp3) is 0.355. The van der Waals surface area contributed by atoms with E-state index in [-0.39, 0.29) is 23.5 Å². The van der Waals surface area contributed by atoms with E-state index in [4.69, 9.17) is 27.9 Å². The first-order chi connectivity index (χ1) is 20.2. The summed E-state index contributed by atoms with van der Waals surface area (Å²) in [6.45, 7) is 8.72. The molecular formula is C31H36Cl2FN3O5S. The number of anilines is 1. The highest BCUT2D eigenvalue weighted by molar-refractivity contribution is 7.92. The Morgan fingerprint density at radius 2 is 1.60 bits per heavy atom. The van der Waals surface area contributed by atoms with Gasteiger partial charge in [-0.15, -0.1) is 0 Å². The molecule has 0 aliphatic carbocycles. The third-order valence-electron chi connectivity index (χ3n) is 6.36. The van der Waals surface area contributed by atoms with Crippen molar-refractivity contribution in [2.24, 2.45) is 0 Å². The molecule has 43 heavy (non-hydrogen) atoms. The molecule has 232 valence electrons. The van der Waals surface area contributed by atoms with Gasteiger partial charge in [0.15, 0.2) is 0 Å². The molecule has 0 heterocycles. The number of halogens is 3. The van der Waals surface area contributed by atoms with Crippen molar-refractivity contribution in [3.05, 3.63) is 88.2 Å². The van der Waals surface area contributed by atoms with Crippen molar-refractivity contribution in [1.29, 1.82) is 0 Å². The molecule has 0 aromatic heterocycles. The first-order valence-corrected chi connectivity index (χ1v) is 15.9. The quantitative estimate of drug-likeness (QED) is 0.243. The number of nitrogens with one attached hydrogen (secondary N) is 1. The first-order valence-electron chi connectivity index (χ1n) is 13.7. The van der Waals surface area contributed by atoms with Crippen molar-refractivity contribution in [2.45, 2.75) is 64.1 Å². The van der Waals surface area contributed by atoms with Gasteiger partial charge in [0.05, 0.1) is 17.2 Å². The molecular weight excluding hydrogens is 616 g/mol. The Bertz CT molecular complexity index is 1530. The lowest BCUT2D eigenvalue weighted by atomic mass is 10.1. The van der Waals surface area contributed by atoms with Crippen LogP contribution in [0.5, 0.6) is 5.75 Å². The summed E-state index contributed by atoms with van der Waals surface area (Å²) in [4.78, 5) is 28.7. The van der Waals surface area contributed by atoms with Gasteiger partial charge in [-0.05, 0) is 100 Å². The van der Waals surface area contributed by atoms with Crippen LogP contribution in [0.1, 0.15) is 46.6 Å². The number of ether oxygens (including phenoxy) is 1. The zero-order valence-electron chi connectivity index (χ0n) is 24.7. The Kier molecular flexibility index (Phi) is 11.5. The van der Waals surface area contributed by atoms with Crippen LogP contribution in [0.3, 0.4) is 0 Å². The summed E-state index contributed by atoms with van der Waals surface area (Å²) < 4.78 is 47.9. The number of benzene rings is 3. The zero-order valence-corrected chi connectivity index (χ0v) is 27.1. The van der Waals surface area contributed by atoms with Crippen molar-refractivity contribution in [3.63, 3.8) is 0 Å². The molecule has 3 aromatic carbocycles. The van der Waals surface area contributed by atoms with Gasteiger partial charge >= 0.3 is 0 Å². The Balaban J connectivity index is 2.10. The molecule has 0 aliphatic heterocycles. The van der Waals surface area contributed by atoms with E-state index in [1.807, 2.05) is 27.7 Å². The van der Waals surface area contributed by atoms with E-state index >= 15 is 0 Å². The van der Waals surface area contributed by atoms with Crippen LogP contribution >= 0.6 is 23.2 Å². The molecule has 0 bridgehead atoms. The molecule has 1 unspecified atom stereocenters. The molecule has 0 fully saturated rings. The second-order valence-corrected chi connectivity index (χ2v) is 13.5. The van der Waals surface area contributed by atoms with Gasteiger partial charge in [-0.1, -0.05) is 36.2 Å². The minimum Gasteiger partial charge on any atom is -0.494 e. The molecule has 1 atom stereocenters. The highest BCUT2D eigenvalue weighted by atomic mass is 35.5. The molecule has 0 radical (unpaired) electrons. The SMILES string of the molecule is CCOc1ccc(N(CC(=O)N(Cc2ccc(Cl)cc2Cl)C(CC)C(=O)NC(C)(C)C)S(=O)(=O)c2ccc(F)cc2)cc1. The van der Waals surface area contributed by atoms with Crippen LogP contribution in [0.15, 0.2) is 71.6 Å². The maximum Gasteiger partial charge on any atom is 0.264 e. The third kappa shape index (κ3) is 9.08. The molecule has 8 nitrogen and oxygen atoms in total. The standard InChI is InChI=1S/C31H36Cl2FN3O5S/c1-6-28(30(39)35-31(3,4)5)36(19-21-8-9-22(32)18-27(21)33)29(38)20-37(24-12-14-25(15-13-24)42-7-2)43(40,41)26-16-10-23(34)11-17-26/h8-18,28H,6-7,19-20H2,1-5H3,(H,35,39). The smallest absolute Gasteiger partial charge is 0.264 e. The average Bonchev–Trinajstić information content (AvgIpc) is 2.92. The van der Waals surface area contributed by atoms with Gasteiger partial charge in [0.2, 0.25) is 11.8 Å². The van der Waals surface area contributed by atoms with Gasteiger partial charge in [-0.2, -0.15) is 0 Å². The highest BCUT2D eigenvalue weighted by Gasteiger charge is 2.35.